The predicted octanol–water partition coefficient (Wildman–Crippen LogP) is 0.429. The summed E-state index contributed by atoms with van der Waals surface area (Å²) in [5.41, 5.74) is 5.99. The fourth-order valence-electron chi connectivity index (χ4n) is 2.17. The lowest BCUT2D eigenvalue weighted by molar-refractivity contribution is 0.220. The van der Waals surface area contributed by atoms with Crippen LogP contribution in [-0.2, 0) is 0 Å². The summed E-state index contributed by atoms with van der Waals surface area (Å²) in [6.07, 6.45) is 3.92. The molecule has 1 atom stereocenters. The summed E-state index contributed by atoms with van der Waals surface area (Å²) in [5.74, 6) is 0.846. The van der Waals surface area contributed by atoms with Gasteiger partial charge in [-0.2, -0.15) is 0 Å². The number of rotatable bonds is 0. The van der Waals surface area contributed by atoms with Crippen LogP contribution in [0.3, 0.4) is 0 Å². The van der Waals surface area contributed by atoms with Gasteiger partial charge in [-0.05, 0) is 44.8 Å². The van der Waals surface area contributed by atoms with Crippen molar-refractivity contribution in [1.82, 2.24) is 4.90 Å². The highest BCUT2D eigenvalue weighted by atomic mass is 15.1. The Balaban J connectivity index is 2.07. The van der Waals surface area contributed by atoms with Crippen LogP contribution >= 0.6 is 0 Å². The zero-order chi connectivity index (χ0) is 6.97. The standard InChI is InChI=1S/C8H16N2/c9-8-3-6-10-4-1-7(8)2-5-10/h7-8H,1-6,9H2/t8-/m0/s1. The molecule has 0 radical (unpaired) electrons. The van der Waals surface area contributed by atoms with Crippen molar-refractivity contribution < 1.29 is 0 Å². The molecule has 10 heavy (non-hydrogen) atoms. The van der Waals surface area contributed by atoms with Crippen LogP contribution in [0.1, 0.15) is 19.3 Å². The SMILES string of the molecule is N[C@H]1CCN2CCC1CC2. The number of fused-ring (bicyclic) bond motifs is 4. The lowest BCUT2D eigenvalue weighted by atomic mass is 9.91. The van der Waals surface area contributed by atoms with E-state index in [1.165, 1.54) is 38.9 Å². The van der Waals surface area contributed by atoms with E-state index in [0.29, 0.717) is 6.04 Å². The third kappa shape index (κ3) is 1.06. The van der Waals surface area contributed by atoms with Gasteiger partial charge in [-0.15, -0.1) is 0 Å². The molecule has 3 fully saturated rings. The topological polar surface area (TPSA) is 29.3 Å². The number of nitrogens with zero attached hydrogens (tertiary/aromatic N) is 1. The van der Waals surface area contributed by atoms with Crippen LogP contribution in [0.15, 0.2) is 0 Å². The van der Waals surface area contributed by atoms with Gasteiger partial charge in [0.25, 0.3) is 0 Å². The highest BCUT2D eigenvalue weighted by molar-refractivity contribution is 4.84. The van der Waals surface area contributed by atoms with Crippen molar-refractivity contribution >= 4 is 0 Å². The van der Waals surface area contributed by atoms with Gasteiger partial charge in [-0.3, -0.25) is 0 Å². The number of nitrogens with two attached hydrogens (primary N) is 1. The minimum atomic E-state index is 0.507. The molecule has 0 aliphatic carbocycles. The first-order valence-electron chi connectivity index (χ1n) is 4.34. The van der Waals surface area contributed by atoms with Gasteiger partial charge in [0.15, 0.2) is 0 Å². The van der Waals surface area contributed by atoms with Crippen LogP contribution in [-0.4, -0.2) is 30.6 Å². The summed E-state index contributed by atoms with van der Waals surface area (Å²) in [6.45, 7) is 3.86. The molecule has 3 rings (SSSR count). The molecule has 3 heterocycles. The van der Waals surface area contributed by atoms with Crippen molar-refractivity contribution in [2.45, 2.75) is 25.3 Å². The van der Waals surface area contributed by atoms with Crippen LogP contribution in [0.25, 0.3) is 0 Å². The van der Waals surface area contributed by atoms with E-state index in [4.69, 9.17) is 5.73 Å². The molecule has 0 unspecified atom stereocenters. The molecular weight excluding hydrogens is 124 g/mol. The Morgan fingerprint density at radius 1 is 1.00 bits per heavy atom. The summed E-state index contributed by atoms with van der Waals surface area (Å²) in [6, 6.07) is 0.507. The minimum Gasteiger partial charge on any atom is -0.327 e. The first-order valence-corrected chi connectivity index (χ1v) is 4.34. The van der Waals surface area contributed by atoms with Crippen molar-refractivity contribution in [3.05, 3.63) is 0 Å². The van der Waals surface area contributed by atoms with Gasteiger partial charge in [0.05, 0.1) is 0 Å². The van der Waals surface area contributed by atoms with Gasteiger partial charge in [0.1, 0.15) is 0 Å². The molecule has 0 saturated carbocycles. The van der Waals surface area contributed by atoms with Crippen LogP contribution < -0.4 is 5.73 Å². The number of hydrogen-bond donors (Lipinski definition) is 1. The summed E-state index contributed by atoms with van der Waals surface area (Å²) in [7, 11) is 0. The first-order chi connectivity index (χ1) is 4.86. The lowest BCUT2D eigenvalue weighted by Crippen LogP contribution is -2.33. The molecule has 3 aliphatic heterocycles. The van der Waals surface area contributed by atoms with E-state index in [9.17, 15) is 0 Å². The average Bonchev–Trinajstić information content (AvgIpc) is 2.24. The third-order valence-electron chi connectivity index (χ3n) is 3.02. The molecule has 3 saturated heterocycles. The molecule has 0 aromatic rings. The van der Waals surface area contributed by atoms with Gasteiger partial charge in [-0.25, -0.2) is 0 Å². The molecule has 0 aromatic carbocycles. The highest BCUT2D eigenvalue weighted by Gasteiger charge is 2.28. The van der Waals surface area contributed by atoms with Gasteiger partial charge in [0, 0.05) is 6.04 Å². The van der Waals surface area contributed by atoms with Crippen molar-refractivity contribution in [3.63, 3.8) is 0 Å². The summed E-state index contributed by atoms with van der Waals surface area (Å²) >= 11 is 0. The van der Waals surface area contributed by atoms with E-state index in [1.54, 1.807) is 0 Å². The first kappa shape index (κ1) is 6.62. The zero-order valence-electron chi connectivity index (χ0n) is 6.42. The van der Waals surface area contributed by atoms with Crippen molar-refractivity contribution in [3.8, 4) is 0 Å². The summed E-state index contributed by atoms with van der Waals surface area (Å²) in [5, 5.41) is 0. The second kappa shape index (κ2) is 2.51. The fraction of sp³-hybridized carbons (Fsp3) is 1.00. The Morgan fingerprint density at radius 3 is 2.30 bits per heavy atom. The van der Waals surface area contributed by atoms with Crippen LogP contribution in [0.4, 0.5) is 0 Å². The van der Waals surface area contributed by atoms with Crippen molar-refractivity contribution in [2.24, 2.45) is 11.7 Å². The Bertz CT molecular complexity index is 116. The molecule has 58 valence electrons. The molecule has 2 bridgehead atoms. The average molecular weight is 140 g/mol. The minimum absolute atomic E-state index is 0.507. The van der Waals surface area contributed by atoms with E-state index in [-0.39, 0.29) is 0 Å². The fourth-order valence-corrected chi connectivity index (χ4v) is 2.17. The monoisotopic (exact) mass is 140 g/mol. The van der Waals surface area contributed by atoms with E-state index in [1.807, 2.05) is 0 Å². The summed E-state index contributed by atoms with van der Waals surface area (Å²) in [4.78, 5) is 2.54. The van der Waals surface area contributed by atoms with Crippen molar-refractivity contribution in [2.75, 3.05) is 19.6 Å². The van der Waals surface area contributed by atoms with Crippen LogP contribution in [0.2, 0.25) is 0 Å². The van der Waals surface area contributed by atoms with Crippen LogP contribution in [0, 0.1) is 5.92 Å². The smallest absolute Gasteiger partial charge is 0.00802 e. The maximum Gasteiger partial charge on any atom is 0.00802 e. The quantitative estimate of drug-likeness (QED) is 0.528. The van der Waals surface area contributed by atoms with Gasteiger partial charge in [0.2, 0.25) is 0 Å². The molecule has 3 aliphatic rings. The number of piperidine rings is 1. The maximum absolute atomic E-state index is 5.99. The number of hydrogen-bond acceptors (Lipinski definition) is 2. The molecule has 0 aromatic heterocycles. The zero-order valence-corrected chi connectivity index (χ0v) is 6.42. The second-order valence-electron chi connectivity index (χ2n) is 3.63. The molecule has 2 nitrogen and oxygen atoms in total. The predicted molar refractivity (Wildman–Crippen MR) is 41.8 cm³/mol. The maximum atomic E-state index is 5.99. The lowest BCUT2D eigenvalue weighted by Gasteiger charge is -2.27. The third-order valence-corrected chi connectivity index (χ3v) is 3.02. The molecule has 2 heteroatoms. The normalized spacial score (nSPS) is 47.1. The molecule has 2 N–H and O–H groups in total. The largest absolute Gasteiger partial charge is 0.327 e. The van der Waals surface area contributed by atoms with Gasteiger partial charge >= 0.3 is 0 Å². The Morgan fingerprint density at radius 2 is 1.60 bits per heavy atom. The van der Waals surface area contributed by atoms with E-state index in [0.717, 1.165) is 5.92 Å². The Hall–Kier alpha value is -0.0800. The van der Waals surface area contributed by atoms with Crippen molar-refractivity contribution in [1.29, 1.82) is 0 Å². The highest BCUT2D eigenvalue weighted by Crippen LogP contribution is 2.25. The molecular formula is C8H16N2. The van der Waals surface area contributed by atoms with E-state index < -0.39 is 0 Å². The van der Waals surface area contributed by atoms with Gasteiger partial charge in [-0.1, -0.05) is 0 Å². The van der Waals surface area contributed by atoms with Crippen LogP contribution in [0.5, 0.6) is 0 Å². The molecule has 0 amide bonds. The van der Waals surface area contributed by atoms with E-state index in [2.05, 4.69) is 4.90 Å². The van der Waals surface area contributed by atoms with E-state index >= 15 is 0 Å². The molecule has 0 spiro atoms. The van der Waals surface area contributed by atoms with Gasteiger partial charge < -0.3 is 10.6 Å². The summed E-state index contributed by atoms with van der Waals surface area (Å²) < 4.78 is 0. The Labute approximate surface area is 62.4 Å². The Kier molecular flexibility index (Phi) is 1.66. The second-order valence-corrected chi connectivity index (χ2v) is 3.63.